The van der Waals surface area contributed by atoms with Gasteiger partial charge in [-0.25, -0.2) is 4.79 Å². The highest BCUT2D eigenvalue weighted by molar-refractivity contribution is 5.69. The molecule has 132 valence electrons. The lowest BCUT2D eigenvalue weighted by molar-refractivity contribution is -0.110. The molecule has 5 heteroatoms. The summed E-state index contributed by atoms with van der Waals surface area (Å²) >= 11 is 0. The number of likely N-dealkylation sites (tertiary alicyclic amines) is 1. The van der Waals surface area contributed by atoms with Crippen LogP contribution in [0.1, 0.15) is 45.1 Å². The van der Waals surface area contributed by atoms with Crippen LogP contribution < -0.4 is 4.74 Å². The highest BCUT2D eigenvalue weighted by atomic mass is 16.6. The Morgan fingerprint density at radius 2 is 1.96 bits per heavy atom. The summed E-state index contributed by atoms with van der Waals surface area (Å²) in [6, 6.07) is 7.56. The maximum absolute atomic E-state index is 12.3. The van der Waals surface area contributed by atoms with E-state index in [9.17, 15) is 9.59 Å². The zero-order valence-corrected chi connectivity index (χ0v) is 15.0. The predicted molar refractivity (Wildman–Crippen MR) is 92.3 cm³/mol. The lowest BCUT2D eigenvalue weighted by Gasteiger charge is -2.36. The summed E-state index contributed by atoms with van der Waals surface area (Å²) in [5.74, 6) is 0.653. The molecule has 1 amide bonds. The van der Waals surface area contributed by atoms with Crippen molar-refractivity contribution in [2.24, 2.45) is 5.92 Å². The van der Waals surface area contributed by atoms with E-state index in [2.05, 4.69) is 0 Å². The third kappa shape index (κ3) is 4.73. The number of methoxy groups -OCH3 is 1. The third-order valence-electron chi connectivity index (χ3n) is 4.26. The molecule has 1 fully saturated rings. The molecule has 2 rings (SSSR count). The number of aldehydes is 1. The summed E-state index contributed by atoms with van der Waals surface area (Å²) in [5.41, 5.74) is 0.450. The molecular weight excluding hydrogens is 306 g/mol. The summed E-state index contributed by atoms with van der Waals surface area (Å²) in [6.45, 7) is 6.80. The minimum absolute atomic E-state index is 0.108. The van der Waals surface area contributed by atoms with Gasteiger partial charge in [0.2, 0.25) is 0 Å². The zero-order chi connectivity index (χ0) is 17.7. The van der Waals surface area contributed by atoms with E-state index in [1.54, 1.807) is 12.0 Å². The van der Waals surface area contributed by atoms with Gasteiger partial charge in [0.15, 0.2) is 0 Å². The molecule has 1 aromatic rings. The van der Waals surface area contributed by atoms with Gasteiger partial charge in [-0.05, 0) is 57.2 Å². The minimum atomic E-state index is -0.510. The number of hydrogen-bond donors (Lipinski definition) is 0. The van der Waals surface area contributed by atoms with Crippen molar-refractivity contribution in [3.63, 3.8) is 0 Å². The predicted octanol–water partition coefficient (Wildman–Crippen LogP) is 3.62. The minimum Gasteiger partial charge on any atom is -0.497 e. The van der Waals surface area contributed by atoms with E-state index < -0.39 is 5.60 Å². The van der Waals surface area contributed by atoms with Crippen LogP contribution in [0.5, 0.6) is 5.75 Å². The van der Waals surface area contributed by atoms with Crippen LogP contribution in [0, 0.1) is 5.92 Å². The van der Waals surface area contributed by atoms with E-state index in [1.807, 2.05) is 45.0 Å². The molecule has 1 saturated heterocycles. The van der Waals surface area contributed by atoms with Crippen molar-refractivity contribution in [1.29, 1.82) is 0 Å². The van der Waals surface area contributed by atoms with Gasteiger partial charge in [0.05, 0.1) is 7.11 Å². The van der Waals surface area contributed by atoms with Crippen molar-refractivity contribution in [2.75, 3.05) is 20.2 Å². The number of piperidine rings is 1. The Balaban J connectivity index is 2.08. The second-order valence-electron chi connectivity index (χ2n) is 7.26. The Kier molecular flexibility index (Phi) is 5.86. The van der Waals surface area contributed by atoms with Gasteiger partial charge < -0.3 is 19.2 Å². The Morgan fingerprint density at radius 1 is 1.29 bits per heavy atom. The number of carbonyl (C=O) groups is 2. The van der Waals surface area contributed by atoms with E-state index in [4.69, 9.17) is 9.47 Å². The summed E-state index contributed by atoms with van der Waals surface area (Å²) in [6.07, 6.45) is 2.50. The second kappa shape index (κ2) is 7.69. The first-order valence-corrected chi connectivity index (χ1v) is 8.41. The van der Waals surface area contributed by atoms with Gasteiger partial charge in [0, 0.05) is 19.0 Å². The number of ether oxygens (including phenoxy) is 2. The van der Waals surface area contributed by atoms with E-state index >= 15 is 0 Å². The fourth-order valence-corrected chi connectivity index (χ4v) is 3.08. The molecule has 0 radical (unpaired) electrons. The van der Waals surface area contributed by atoms with Crippen LogP contribution in [-0.4, -0.2) is 43.1 Å². The summed E-state index contributed by atoms with van der Waals surface area (Å²) in [7, 11) is 1.62. The van der Waals surface area contributed by atoms with Crippen LogP contribution in [0.3, 0.4) is 0 Å². The molecule has 1 aliphatic rings. The normalized spacial score (nSPS) is 19.5. The van der Waals surface area contributed by atoms with Crippen molar-refractivity contribution in [3.8, 4) is 5.75 Å². The van der Waals surface area contributed by atoms with Gasteiger partial charge in [-0.3, -0.25) is 0 Å². The number of carbonyl (C=O) groups excluding carboxylic acids is 2. The standard InChI is InChI=1S/C19H27NO4/c1-19(2,3)24-18(22)20-11-5-6-15(12-20)17(13-21)14-7-9-16(23-4)10-8-14/h7-10,13,15,17H,5-6,11-12H2,1-4H3. The fourth-order valence-electron chi connectivity index (χ4n) is 3.08. The summed E-state index contributed by atoms with van der Waals surface area (Å²) in [4.78, 5) is 25.7. The molecule has 2 atom stereocenters. The van der Waals surface area contributed by atoms with Crippen molar-refractivity contribution < 1.29 is 19.1 Å². The molecule has 0 saturated carbocycles. The van der Waals surface area contributed by atoms with Crippen molar-refractivity contribution in [1.82, 2.24) is 4.90 Å². The van der Waals surface area contributed by atoms with Crippen LogP contribution in [-0.2, 0) is 9.53 Å². The van der Waals surface area contributed by atoms with Crippen molar-refractivity contribution in [3.05, 3.63) is 29.8 Å². The molecule has 5 nitrogen and oxygen atoms in total. The summed E-state index contributed by atoms with van der Waals surface area (Å²) < 4.78 is 10.6. The third-order valence-corrected chi connectivity index (χ3v) is 4.26. The smallest absolute Gasteiger partial charge is 0.410 e. The average Bonchev–Trinajstić information content (AvgIpc) is 2.55. The largest absolute Gasteiger partial charge is 0.497 e. The Bertz CT molecular complexity index is 562. The summed E-state index contributed by atoms with van der Waals surface area (Å²) in [5, 5.41) is 0. The first-order chi connectivity index (χ1) is 11.3. The topological polar surface area (TPSA) is 55.8 Å². The molecule has 1 heterocycles. The van der Waals surface area contributed by atoms with Crippen LogP contribution >= 0.6 is 0 Å². The van der Waals surface area contributed by atoms with E-state index in [1.165, 1.54) is 0 Å². The molecule has 0 aromatic heterocycles. The van der Waals surface area contributed by atoms with Crippen LogP contribution in [0.15, 0.2) is 24.3 Å². The zero-order valence-electron chi connectivity index (χ0n) is 15.0. The van der Waals surface area contributed by atoms with Crippen molar-refractivity contribution in [2.45, 2.75) is 45.1 Å². The maximum atomic E-state index is 12.3. The molecule has 2 unspecified atom stereocenters. The van der Waals surface area contributed by atoms with Gasteiger partial charge in [-0.2, -0.15) is 0 Å². The van der Waals surface area contributed by atoms with Crippen LogP contribution in [0.2, 0.25) is 0 Å². The van der Waals surface area contributed by atoms with E-state index in [-0.39, 0.29) is 17.9 Å². The van der Waals surface area contributed by atoms with Gasteiger partial charge in [-0.15, -0.1) is 0 Å². The fraction of sp³-hybridized carbons (Fsp3) is 0.579. The number of hydrogen-bond acceptors (Lipinski definition) is 4. The first-order valence-electron chi connectivity index (χ1n) is 8.41. The molecule has 0 aliphatic carbocycles. The molecule has 1 aromatic carbocycles. The Hall–Kier alpha value is -2.04. The quantitative estimate of drug-likeness (QED) is 0.790. The Labute approximate surface area is 143 Å². The highest BCUT2D eigenvalue weighted by Crippen LogP contribution is 2.31. The maximum Gasteiger partial charge on any atom is 0.410 e. The second-order valence-corrected chi connectivity index (χ2v) is 7.26. The molecule has 0 spiro atoms. The average molecular weight is 333 g/mol. The number of rotatable bonds is 4. The lowest BCUT2D eigenvalue weighted by Crippen LogP contribution is -2.44. The van der Waals surface area contributed by atoms with Gasteiger partial charge in [0.1, 0.15) is 17.6 Å². The Morgan fingerprint density at radius 3 is 2.50 bits per heavy atom. The molecule has 0 N–H and O–H groups in total. The van der Waals surface area contributed by atoms with Crippen molar-refractivity contribution >= 4 is 12.4 Å². The molecule has 24 heavy (non-hydrogen) atoms. The molecule has 1 aliphatic heterocycles. The first kappa shape index (κ1) is 18.3. The lowest BCUT2D eigenvalue weighted by atomic mass is 9.82. The van der Waals surface area contributed by atoms with E-state index in [0.29, 0.717) is 13.1 Å². The van der Waals surface area contributed by atoms with Gasteiger partial charge in [0.25, 0.3) is 0 Å². The SMILES string of the molecule is COc1ccc(C(C=O)C2CCCN(C(=O)OC(C)(C)C)C2)cc1. The molecule has 0 bridgehead atoms. The number of benzene rings is 1. The number of nitrogens with zero attached hydrogens (tertiary/aromatic N) is 1. The molecular formula is C19H27NO4. The van der Waals surface area contributed by atoms with Gasteiger partial charge in [-0.1, -0.05) is 12.1 Å². The highest BCUT2D eigenvalue weighted by Gasteiger charge is 2.32. The van der Waals surface area contributed by atoms with Crippen LogP contribution in [0.25, 0.3) is 0 Å². The number of amides is 1. The van der Waals surface area contributed by atoms with E-state index in [0.717, 1.165) is 30.4 Å². The van der Waals surface area contributed by atoms with Crippen LogP contribution in [0.4, 0.5) is 4.79 Å². The van der Waals surface area contributed by atoms with Gasteiger partial charge >= 0.3 is 6.09 Å². The monoisotopic (exact) mass is 333 g/mol.